The summed E-state index contributed by atoms with van der Waals surface area (Å²) in [6.45, 7) is 6.31. The molecule has 2 aromatic heterocycles. The molecule has 0 aliphatic rings. The second-order valence-corrected chi connectivity index (χ2v) is 4.48. The summed E-state index contributed by atoms with van der Waals surface area (Å²) >= 11 is 0. The predicted octanol–water partition coefficient (Wildman–Crippen LogP) is 2.80. The van der Waals surface area contributed by atoms with E-state index in [0.717, 1.165) is 25.2 Å². The summed E-state index contributed by atoms with van der Waals surface area (Å²) < 4.78 is 2.31. The van der Waals surface area contributed by atoms with Crippen molar-refractivity contribution in [1.82, 2.24) is 14.9 Å². The van der Waals surface area contributed by atoms with Crippen LogP contribution in [0.3, 0.4) is 0 Å². The van der Waals surface area contributed by atoms with Gasteiger partial charge in [0.05, 0.1) is 0 Å². The van der Waals surface area contributed by atoms with Gasteiger partial charge >= 0.3 is 0 Å². The molecule has 0 fully saturated rings. The normalized spacial score (nSPS) is 12.6. The van der Waals surface area contributed by atoms with Crippen LogP contribution in [0.5, 0.6) is 0 Å². The zero-order valence-electron chi connectivity index (χ0n) is 11.1. The minimum atomic E-state index is 0.397. The monoisotopic (exact) mass is 243 g/mol. The van der Waals surface area contributed by atoms with Gasteiger partial charge in [0, 0.05) is 42.8 Å². The van der Waals surface area contributed by atoms with Crippen molar-refractivity contribution in [2.75, 3.05) is 6.54 Å². The Morgan fingerprint density at radius 3 is 2.89 bits per heavy atom. The van der Waals surface area contributed by atoms with Crippen LogP contribution in [-0.4, -0.2) is 16.1 Å². The lowest BCUT2D eigenvalue weighted by Gasteiger charge is -2.16. The highest BCUT2D eigenvalue weighted by atomic mass is 15.0. The van der Waals surface area contributed by atoms with Gasteiger partial charge in [-0.05, 0) is 37.7 Å². The number of aromatic nitrogens is 2. The minimum Gasteiger partial charge on any atom is -0.350 e. The molecule has 0 bridgehead atoms. The summed E-state index contributed by atoms with van der Waals surface area (Å²) in [6.07, 6.45) is 4.97. The third-order valence-electron chi connectivity index (χ3n) is 3.15. The fourth-order valence-electron chi connectivity index (χ4n) is 2.22. The molecule has 1 atom stereocenters. The first kappa shape index (κ1) is 12.8. The zero-order valence-corrected chi connectivity index (χ0v) is 11.1. The standard InChI is InChI=1S/C15H21N3/c1-3-16-13(2)15-8-6-11-18(15)12-9-14-7-4-5-10-17-14/h4-8,10-11,13,16H,3,9,12H2,1-2H3. The highest BCUT2D eigenvalue weighted by Crippen LogP contribution is 2.13. The van der Waals surface area contributed by atoms with Crippen LogP contribution in [0.2, 0.25) is 0 Å². The molecule has 2 rings (SSSR count). The molecule has 18 heavy (non-hydrogen) atoms. The van der Waals surface area contributed by atoms with Gasteiger partial charge < -0.3 is 9.88 Å². The second-order valence-electron chi connectivity index (χ2n) is 4.48. The van der Waals surface area contributed by atoms with Crippen molar-refractivity contribution >= 4 is 0 Å². The van der Waals surface area contributed by atoms with Gasteiger partial charge in [0.1, 0.15) is 0 Å². The molecule has 2 aromatic rings. The first-order valence-corrected chi connectivity index (χ1v) is 6.59. The average molecular weight is 243 g/mol. The third-order valence-corrected chi connectivity index (χ3v) is 3.15. The van der Waals surface area contributed by atoms with Gasteiger partial charge in [-0.3, -0.25) is 4.98 Å². The maximum absolute atomic E-state index is 4.36. The summed E-state index contributed by atoms with van der Waals surface area (Å²) in [5.74, 6) is 0. The van der Waals surface area contributed by atoms with E-state index >= 15 is 0 Å². The summed E-state index contributed by atoms with van der Waals surface area (Å²) in [5, 5.41) is 3.45. The number of hydrogen-bond acceptors (Lipinski definition) is 2. The topological polar surface area (TPSA) is 29.9 Å². The number of rotatable bonds is 6. The molecule has 0 radical (unpaired) electrons. The lowest BCUT2D eigenvalue weighted by molar-refractivity contribution is 0.538. The Bertz CT molecular complexity index is 462. The molecular weight excluding hydrogens is 222 g/mol. The summed E-state index contributed by atoms with van der Waals surface area (Å²) in [4.78, 5) is 4.36. The number of hydrogen-bond donors (Lipinski definition) is 1. The van der Waals surface area contributed by atoms with Crippen LogP contribution in [0.4, 0.5) is 0 Å². The molecule has 0 aromatic carbocycles. The van der Waals surface area contributed by atoms with Crippen molar-refractivity contribution in [3.8, 4) is 0 Å². The van der Waals surface area contributed by atoms with Gasteiger partial charge in [-0.25, -0.2) is 0 Å². The largest absolute Gasteiger partial charge is 0.350 e. The van der Waals surface area contributed by atoms with Crippen LogP contribution in [0.1, 0.15) is 31.3 Å². The fraction of sp³-hybridized carbons (Fsp3) is 0.400. The van der Waals surface area contributed by atoms with Crippen LogP contribution in [0.25, 0.3) is 0 Å². The highest BCUT2D eigenvalue weighted by Gasteiger charge is 2.08. The van der Waals surface area contributed by atoms with E-state index in [1.54, 1.807) is 0 Å². The number of nitrogens with zero attached hydrogens (tertiary/aromatic N) is 2. The van der Waals surface area contributed by atoms with E-state index in [4.69, 9.17) is 0 Å². The highest BCUT2D eigenvalue weighted by molar-refractivity contribution is 5.12. The molecule has 0 saturated heterocycles. The second kappa shape index (κ2) is 6.36. The molecule has 2 heterocycles. The molecule has 3 heteroatoms. The third kappa shape index (κ3) is 3.20. The Hall–Kier alpha value is -1.61. The van der Waals surface area contributed by atoms with E-state index in [9.17, 15) is 0 Å². The van der Waals surface area contributed by atoms with Crippen molar-refractivity contribution in [2.45, 2.75) is 32.9 Å². The first-order valence-electron chi connectivity index (χ1n) is 6.59. The van der Waals surface area contributed by atoms with Crippen molar-refractivity contribution in [3.63, 3.8) is 0 Å². The molecule has 0 saturated carbocycles. The van der Waals surface area contributed by atoms with E-state index < -0.39 is 0 Å². The number of aryl methyl sites for hydroxylation is 2. The van der Waals surface area contributed by atoms with E-state index in [1.807, 2.05) is 18.3 Å². The Kier molecular flexibility index (Phi) is 4.53. The Morgan fingerprint density at radius 2 is 2.17 bits per heavy atom. The van der Waals surface area contributed by atoms with Crippen molar-refractivity contribution in [2.24, 2.45) is 0 Å². The quantitative estimate of drug-likeness (QED) is 0.845. The van der Waals surface area contributed by atoms with Crippen molar-refractivity contribution < 1.29 is 0 Å². The maximum atomic E-state index is 4.36. The maximum Gasteiger partial charge on any atom is 0.0446 e. The predicted molar refractivity (Wildman–Crippen MR) is 74.5 cm³/mol. The summed E-state index contributed by atoms with van der Waals surface area (Å²) in [6, 6.07) is 10.8. The lowest BCUT2D eigenvalue weighted by Crippen LogP contribution is -2.21. The van der Waals surface area contributed by atoms with Crippen LogP contribution in [0, 0.1) is 0 Å². The van der Waals surface area contributed by atoms with E-state index in [0.29, 0.717) is 6.04 Å². The molecule has 1 unspecified atom stereocenters. The van der Waals surface area contributed by atoms with Crippen molar-refractivity contribution in [1.29, 1.82) is 0 Å². The molecule has 96 valence electrons. The van der Waals surface area contributed by atoms with E-state index in [2.05, 4.69) is 53.1 Å². The minimum absolute atomic E-state index is 0.397. The Labute approximate surface area is 109 Å². The fourth-order valence-corrected chi connectivity index (χ4v) is 2.22. The summed E-state index contributed by atoms with van der Waals surface area (Å²) in [7, 11) is 0. The van der Waals surface area contributed by atoms with Crippen LogP contribution >= 0.6 is 0 Å². The zero-order chi connectivity index (χ0) is 12.8. The molecule has 0 amide bonds. The molecule has 1 N–H and O–H groups in total. The summed E-state index contributed by atoms with van der Waals surface area (Å²) in [5.41, 5.74) is 2.49. The van der Waals surface area contributed by atoms with Gasteiger partial charge in [-0.1, -0.05) is 13.0 Å². The average Bonchev–Trinajstić information content (AvgIpc) is 2.86. The molecular formula is C15H21N3. The van der Waals surface area contributed by atoms with Crippen LogP contribution < -0.4 is 5.32 Å². The Morgan fingerprint density at radius 1 is 1.28 bits per heavy atom. The SMILES string of the molecule is CCNC(C)c1cccn1CCc1ccccn1. The molecule has 0 aliphatic heterocycles. The van der Waals surface area contributed by atoms with Gasteiger partial charge in [-0.2, -0.15) is 0 Å². The smallest absolute Gasteiger partial charge is 0.0446 e. The number of nitrogens with one attached hydrogen (secondary N) is 1. The number of pyridine rings is 1. The van der Waals surface area contributed by atoms with Crippen molar-refractivity contribution in [3.05, 3.63) is 54.1 Å². The van der Waals surface area contributed by atoms with Gasteiger partial charge in [-0.15, -0.1) is 0 Å². The van der Waals surface area contributed by atoms with Gasteiger partial charge in [0.15, 0.2) is 0 Å². The van der Waals surface area contributed by atoms with Gasteiger partial charge in [0.25, 0.3) is 0 Å². The Balaban J connectivity index is 2.00. The molecule has 0 spiro atoms. The van der Waals surface area contributed by atoms with E-state index in [-0.39, 0.29) is 0 Å². The van der Waals surface area contributed by atoms with Gasteiger partial charge in [0.2, 0.25) is 0 Å². The first-order chi connectivity index (χ1) is 8.81. The molecule has 3 nitrogen and oxygen atoms in total. The van der Waals surface area contributed by atoms with Crippen LogP contribution in [-0.2, 0) is 13.0 Å². The van der Waals surface area contributed by atoms with E-state index in [1.165, 1.54) is 5.69 Å². The van der Waals surface area contributed by atoms with Crippen LogP contribution in [0.15, 0.2) is 42.7 Å². The molecule has 0 aliphatic carbocycles. The lowest BCUT2D eigenvalue weighted by atomic mass is 10.2.